The van der Waals surface area contributed by atoms with Crippen LogP contribution in [0.5, 0.6) is 5.75 Å². The molecule has 0 aliphatic carbocycles. The zero-order chi connectivity index (χ0) is 18.4. The fourth-order valence-corrected chi connectivity index (χ4v) is 3.05. The number of carbonyl (C=O) groups is 1. The molecule has 0 fully saturated rings. The van der Waals surface area contributed by atoms with Crippen LogP contribution in [0, 0.1) is 0 Å². The van der Waals surface area contributed by atoms with Crippen LogP contribution in [0.1, 0.15) is 21.5 Å². The largest absolute Gasteiger partial charge is 0.496 e. The summed E-state index contributed by atoms with van der Waals surface area (Å²) in [7, 11) is 1.53. The lowest BCUT2D eigenvalue weighted by Gasteiger charge is -2.30. The molecule has 128 valence electrons. The van der Waals surface area contributed by atoms with Gasteiger partial charge < -0.3 is 4.74 Å². The number of methoxy groups -OCH3 is 1. The Morgan fingerprint density at radius 2 is 1.50 bits per heavy atom. The summed E-state index contributed by atoms with van der Waals surface area (Å²) >= 11 is 0. The van der Waals surface area contributed by atoms with Crippen molar-refractivity contribution in [1.82, 2.24) is 0 Å². The Labute approximate surface area is 151 Å². The minimum Gasteiger partial charge on any atom is -0.496 e. The van der Waals surface area contributed by atoms with Gasteiger partial charge in [-0.2, -0.15) is 0 Å². The average molecular weight is 343 g/mol. The Bertz CT molecular complexity index is 951. The molecule has 0 aromatic heterocycles. The molecule has 1 unspecified atom stereocenters. The number of hydrogen-bond donors (Lipinski definition) is 0. The molecule has 0 N–H and O–H groups in total. The molecule has 3 aromatic rings. The number of carbonyl (C=O) groups excluding carboxylic acids is 1. The number of azide groups is 1. The number of benzene rings is 3. The number of rotatable bonds is 6. The summed E-state index contributed by atoms with van der Waals surface area (Å²) in [5.74, 6) is 0.166. The van der Waals surface area contributed by atoms with Crippen LogP contribution in [0.25, 0.3) is 10.4 Å². The van der Waals surface area contributed by atoms with Gasteiger partial charge in [-0.15, -0.1) is 0 Å². The van der Waals surface area contributed by atoms with E-state index in [9.17, 15) is 10.3 Å². The Kier molecular flexibility index (Phi) is 5.02. The molecule has 3 rings (SSSR count). The van der Waals surface area contributed by atoms with E-state index >= 15 is 0 Å². The smallest absolute Gasteiger partial charge is 0.183 e. The Balaban J connectivity index is 2.37. The first-order chi connectivity index (χ1) is 12.7. The number of ketones is 1. The van der Waals surface area contributed by atoms with Crippen LogP contribution in [0.15, 0.2) is 90.0 Å². The molecule has 0 aliphatic rings. The van der Waals surface area contributed by atoms with E-state index in [2.05, 4.69) is 10.0 Å². The van der Waals surface area contributed by atoms with Crippen molar-refractivity contribution in [2.45, 2.75) is 5.54 Å². The van der Waals surface area contributed by atoms with Crippen molar-refractivity contribution in [1.29, 1.82) is 0 Å². The molecule has 0 saturated carbocycles. The standard InChI is InChI=1S/C21H17N3O2/c1-26-19-15-9-8-14-18(19)21(23-24-22,17-12-6-3-7-13-17)20(25)16-10-4-2-5-11-16/h2-15H,1H3. The van der Waals surface area contributed by atoms with Crippen LogP contribution in [-0.2, 0) is 5.54 Å². The lowest BCUT2D eigenvalue weighted by molar-refractivity contribution is 0.0913. The van der Waals surface area contributed by atoms with Gasteiger partial charge in [0.15, 0.2) is 11.3 Å². The van der Waals surface area contributed by atoms with Crippen molar-refractivity contribution >= 4 is 5.78 Å². The molecule has 0 saturated heterocycles. The molecule has 5 heteroatoms. The highest BCUT2D eigenvalue weighted by Gasteiger charge is 2.43. The van der Waals surface area contributed by atoms with Gasteiger partial charge in [0.1, 0.15) is 5.75 Å². The van der Waals surface area contributed by atoms with Crippen molar-refractivity contribution in [3.05, 3.63) is 112 Å². The molecule has 3 aromatic carbocycles. The third kappa shape index (κ3) is 2.92. The summed E-state index contributed by atoms with van der Waals surface area (Å²) in [6.07, 6.45) is 0. The van der Waals surface area contributed by atoms with Crippen molar-refractivity contribution in [3.8, 4) is 5.75 Å². The van der Waals surface area contributed by atoms with Gasteiger partial charge in [0.05, 0.1) is 7.11 Å². The second-order valence-corrected chi connectivity index (χ2v) is 5.66. The van der Waals surface area contributed by atoms with Crippen LogP contribution >= 0.6 is 0 Å². The summed E-state index contributed by atoms with van der Waals surface area (Å²) in [5.41, 5.74) is 9.32. The van der Waals surface area contributed by atoms with Gasteiger partial charge in [-0.1, -0.05) is 84.0 Å². The highest BCUT2D eigenvalue weighted by Crippen LogP contribution is 2.41. The number of hydrogen-bond acceptors (Lipinski definition) is 3. The summed E-state index contributed by atoms with van der Waals surface area (Å²) in [6, 6.07) is 24.9. The molecular weight excluding hydrogens is 326 g/mol. The molecule has 0 amide bonds. The predicted octanol–water partition coefficient (Wildman–Crippen LogP) is 5.13. The maximum absolute atomic E-state index is 13.6. The summed E-state index contributed by atoms with van der Waals surface area (Å²) in [5, 5.41) is 4.03. The van der Waals surface area contributed by atoms with E-state index in [1.54, 1.807) is 60.7 Å². The maximum atomic E-state index is 13.6. The van der Waals surface area contributed by atoms with Crippen LogP contribution in [0.3, 0.4) is 0 Å². The average Bonchev–Trinajstić information content (AvgIpc) is 2.73. The fraction of sp³-hybridized carbons (Fsp3) is 0.0952. The van der Waals surface area contributed by atoms with Crippen molar-refractivity contribution < 1.29 is 9.53 Å². The Morgan fingerprint density at radius 3 is 2.12 bits per heavy atom. The topological polar surface area (TPSA) is 75.1 Å². The number of para-hydroxylation sites is 1. The summed E-state index contributed by atoms with van der Waals surface area (Å²) in [6.45, 7) is 0. The quantitative estimate of drug-likeness (QED) is 0.269. The van der Waals surface area contributed by atoms with Gasteiger partial charge in [-0.3, -0.25) is 4.79 Å². The molecule has 0 bridgehead atoms. The molecule has 0 radical (unpaired) electrons. The van der Waals surface area contributed by atoms with Crippen molar-refractivity contribution in [3.63, 3.8) is 0 Å². The highest BCUT2D eigenvalue weighted by atomic mass is 16.5. The van der Waals surface area contributed by atoms with E-state index < -0.39 is 5.54 Å². The second kappa shape index (κ2) is 7.55. The predicted molar refractivity (Wildman–Crippen MR) is 100 cm³/mol. The zero-order valence-electron chi connectivity index (χ0n) is 14.2. The zero-order valence-corrected chi connectivity index (χ0v) is 14.2. The number of ether oxygens (including phenoxy) is 1. The van der Waals surface area contributed by atoms with Crippen LogP contribution in [-0.4, -0.2) is 12.9 Å². The summed E-state index contributed by atoms with van der Waals surface area (Å²) in [4.78, 5) is 16.6. The third-order valence-corrected chi connectivity index (χ3v) is 4.25. The first-order valence-electron chi connectivity index (χ1n) is 8.09. The van der Waals surface area contributed by atoms with Crippen LogP contribution in [0.2, 0.25) is 0 Å². The molecule has 5 nitrogen and oxygen atoms in total. The van der Waals surface area contributed by atoms with Gasteiger partial charge in [0.25, 0.3) is 0 Å². The van der Waals surface area contributed by atoms with Gasteiger partial charge in [-0.05, 0) is 17.2 Å². The van der Waals surface area contributed by atoms with Crippen LogP contribution < -0.4 is 4.74 Å². The lowest BCUT2D eigenvalue weighted by atomic mass is 9.77. The van der Waals surface area contributed by atoms with E-state index in [0.29, 0.717) is 22.4 Å². The van der Waals surface area contributed by atoms with E-state index in [1.807, 2.05) is 24.3 Å². The summed E-state index contributed by atoms with van der Waals surface area (Å²) < 4.78 is 5.47. The minimum atomic E-state index is -1.57. The van der Waals surface area contributed by atoms with Gasteiger partial charge in [0, 0.05) is 16.0 Å². The van der Waals surface area contributed by atoms with E-state index in [-0.39, 0.29) is 5.78 Å². The van der Waals surface area contributed by atoms with E-state index in [1.165, 1.54) is 7.11 Å². The molecule has 1 atom stereocenters. The highest BCUT2D eigenvalue weighted by molar-refractivity contribution is 6.06. The lowest BCUT2D eigenvalue weighted by Crippen LogP contribution is -2.35. The fourth-order valence-electron chi connectivity index (χ4n) is 3.05. The van der Waals surface area contributed by atoms with Gasteiger partial charge in [0.2, 0.25) is 0 Å². The minimum absolute atomic E-state index is 0.313. The van der Waals surface area contributed by atoms with Crippen LogP contribution in [0.4, 0.5) is 0 Å². The second-order valence-electron chi connectivity index (χ2n) is 5.66. The first kappa shape index (κ1) is 17.3. The SMILES string of the molecule is COc1ccccc1C(N=[N+]=[N-])(C(=O)c1ccccc1)c1ccccc1. The number of nitrogens with zero attached hydrogens (tertiary/aromatic N) is 3. The monoisotopic (exact) mass is 343 g/mol. The van der Waals surface area contributed by atoms with E-state index in [0.717, 1.165) is 0 Å². The molecule has 0 spiro atoms. The Hall–Kier alpha value is -3.56. The van der Waals surface area contributed by atoms with Crippen molar-refractivity contribution in [2.24, 2.45) is 5.11 Å². The molecule has 26 heavy (non-hydrogen) atoms. The molecule has 0 aliphatic heterocycles. The maximum Gasteiger partial charge on any atom is 0.183 e. The molecule has 0 heterocycles. The first-order valence-corrected chi connectivity index (χ1v) is 8.09. The number of Topliss-reactive ketones (excluding diaryl/α,β-unsaturated/α-hetero) is 1. The van der Waals surface area contributed by atoms with Crippen molar-refractivity contribution in [2.75, 3.05) is 7.11 Å². The normalized spacial score (nSPS) is 12.5. The van der Waals surface area contributed by atoms with Gasteiger partial charge >= 0.3 is 0 Å². The third-order valence-electron chi connectivity index (χ3n) is 4.25. The van der Waals surface area contributed by atoms with E-state index in [4.69, 9.17) is 4.74 Å². The van der Waals surface area contributed by atoms with Gasteiger partial charge in [-0.25, -0.2) is 0 Å². The molecular formula is C21H17N3O2. The Morgan fingerprint density at radius 1 is 0.923 bits per heavy atom.